The van der Waals surface area contributed by atoms with Gasteiger partial charge in [-0.3, -0.25) is 0 Å². The molecule has 0 saturated heterocycles. The van der Waals surface area contributed by atoms with Crippen LogP contribution in [0, 0.1) is 19.8 Å². The minimum Gasteiger partial charge on any atom is -0.317 e. The Balaban J connectivity index is 2.66. The minimum atomic E-state index is 0.599. The second kappa shape index (κ2) is 6.05. The first-order valence-electron chi connectivity index (χ1n) is 6.26. The van der Waals surface area contributed by atoms with E-state index in [0.29, 0.717) is 6.04 Å². The molecule has 0 saturated carbocycles. The number of hydrogen-bond donors (Lipinski definition) is 1. The van der Waals surface area contributed by atoms with E-state index in [-0.39, 0.29) is 0 Å². The second-order valence-electron chi connectivity index (χ2n) is 5.24. The average molecular weight is 219 g/mol. The third kappa shape index (κ3) is 3.97. The zero-order valence-corrected chi connectivity index (χ0v) is 11.3. The Hall–Kier alpha value is -0.820. The maximum atomic E-state index is 3.42. The summed E-state index contributed by atoms with van der Waals surface area (Å²) in [6.07, 6.45) is 2.37. The fourth-order valence-electron chi connectivity index (χ4n) is 2.09. The van der Waals surface area contributed by atoms with Crippen LogP contribution >= 0.6 is 0 Å². The molecule has 0 radical (unpaired) electrons. The van der Waals surface area contributed by atoms with E-state index in [2.05, 4.69) is 58.3 Å². The van der Waals surface area contributed by atoms with Crippen LogP contribution in [-0.2, 0) is 6.42 Å². The molecule has 0 bridgehead atoms. The summed E-state index contributed by atoms with van der Waals surface area (Å²) in [5.41, 5.74) is 4.23. The third-order valence-corrected chi connectivity index (χ3v) is 3.22. The molecule has 0 aromatic heterocycles. The van der Waals surface area contributed by atoms with E-state index < -0.39 is 0 Å². The molecular formula is C15H25N. The van der Waals surface area contributed by atoms with E-state index in [1.54, 1.807) is 0 Å². The number of benzene rings is 1. The summed E-state index contributed by atoms with van der Waals surface area (Å²) in [7, 11) is 2.06. The molecule has 1 N–H and O–H groups in total. The first-order chi connectivity index (χ1) is 7.52. The number of hydrogen-bond acceptors (Lipinski definition) is 1. The van der Waals surface area contributed by atoms with Crippen LogP contribution in [-0.4, -0.2) is 13.1 Å². The van der Waals surface area contributed by atoms with Crippen molar-refractivity contribution in [2.24, 2.45) is 5.92 Å². The van der Waals surface area contributed by atoms with Gasteiger partial charge in [-0.1, -0.05) is 32.0 Å². The minimum absolute atomic E-state index is 0.599. The van der Waals surface area contributed by atoms with Gasteiger partial charge in [-0.25, -0.2) is 0 Å². The molecule has 1 rings (SSSR count). The molecule has 90 valence electrons. The highest BCUT2D eigenvalue weighted by atomic mass is 14.9. The lowest BCUT2D eigenvalue weighted by Crippen LogP contribution is -2.29. The molecule has 1 unspecified atom stereocenters. The van der Waals surface area contributed by atoms with Crippen LogP contribution in [0.3, 0.4) is 0 Å². The van der Waals surface area contributed by atoms with E-state index in [1.807, 2.05) is 0 Å². The van der Waals surface area contributed by atoms with E-state index >= 15 is 0 Å². The Bertz CT molecular complexity index is 328. The maximum Gasteiger partial charge on any atom is 0.0107 e. The van der Waals surface area contributed by atoms with Crippen molar-refractivity contribution >= 4 is 0 Å². The lowest BCUT2D eigenvalue weighted by atomic mass is 9.95. The number of nitrogens with one attached hydrogen (secondary N) is 1. The van der Waals surface area contributed by atoms with Crippen LogP contribution in [0.1, 0.15) is 37.0 Å². The zero-order chi connectivity index (χ0) is 12.1. The molecule has 16 heavy (non-hydrogen) atoms. The smallest absolute Gasteiger partial charge is 0.0107 e. The second-order valence-corrected chi connectivity index (χ2v) is 5.24. The van der Waals surface area contributed by atoms with Gasteiger partial charge in [-0.15, -0.1) is 0 Å². The van der Waals surface area contributed by atoms with Crippen molar-refractivity contribution < 1.29 is 0 Å². The molecule has 0 aliphatic carbocycles. The van der Waals surface area contributed by atoms with Crippen LogP contribution in [0.25, 0.3) is 0 Å². The molecule has 0 aliphatic heterocycles. The summed E-state index contributed by atoms with van der Waals surface area (Å²) >= 11 is 0. The molecule has 0 amide bonds. The zero-order valence-electron chi connectivity index (χ0n) is 11.3. The van der Waals surface area contributed by atoms with Gasteiger partial charge in [0, 0.05) is 6.04 Å². The standard InChI is InChI=1S/C15H25N/c1-11(2)8-15(16-5)10-14-7-6-12(3)13(4)9-14/h6-7,9,11,15-16H,8,10H2,1-5H3. The van der Waals surface area contributed by atoms with Gasteiger partial charge in [0.05, 0.1) is 0 Å². The van der Waals surface area contributed by atoms with Gasteiger partial charge in [-0.2, -0.15) is 0 Å². The summed E-state index contributed by atoms with van der Waals surface area (Å²) < 4.78 is 0. The van der Waals surface area contributed by atoms with Crippen LogP contribution in [0.15, 0.2) is 18.2 Å². The van der Waals surface area contributed by atoms with Crippen molar-refractivity contribution in [2.45, 2.75) is 46.6 Å². The SMILES string of the molecule is CNC(Cc1ccc(C)c(C)c1)CC(C)C. The van der Waals surface area contributed by atoms with Crippen LogP contribution < -0.4 is 5.32 Å². The molecule has 0 heterocycles. The first-order valence-corrected chi connectivity index (χ1v) is 6.26. The van der Waals surface area contributed by atoms with Crippen LogP contribution in [0.2, 0.25) is 0 Å². The first kappa shape index (κ1) is 13.2. The Labute approximate surface area is 100 Å². The van der Waals surface area contributed by atoms with Gasteiger partial charge in [0.2, 0.25) is 0 Å². The summed E-state index contributed by atoms with van der Waals surface area (Å²) in [4.78, 5) is 0. The molecule has 1 atom stereocenters. The van der Waals surface area contributed by atoms with Gasteiger partial charge in [-0.05, 0) is 56.3 Å². The molecule has 1 aromatic carbocycles. The van der Waals surface area contributed by atoms with Crippen molar-refractivity contribution in [1.82, 2.24) is 5.32 Å². The number of rotatable bonds is 5. The van der Waals surface area contributed by atoms with Gasteiger partial charge in [0.25, 0.3) is 0 Å². The van der Waals surface area contributed by atoms with E-state index in [1.165, 1.54) is 23.1 Å². The lowest BCUT2D eigenvalue weighted by molar-refractivity contribution is 0.441. The summed E-state index contributed by atoms with van der Waals surface area (Å²) in [5, 5.41) is 3.42. The highest BCUT2D eigenvalue weighted by Gasteiger charge is 2.09. The monoisotopic (exact) mass is 219 g/mol. The number of aryl methyl sites for hydroxylation is 2. The van der Waals surface area contributed by atoms with Crippen molar-refractivity contribution in [1.29, 1.82) is 0 Å². The third-order valence-electron chi connectivity index (χ3n) is 3.22. The Kier molecular flexibility index (Phi) is 5.01. The van der Waals surface area contributed by atoms with Crippen molar-refractivity contribution in [3.8, 4) is 0 Å². The van der Waals surface area contributed by atoms with Gasteiger partial charge < -0.3 is 5.32 Å². The normalized spacial score (nSPS) is 13.1. The Morgan fingerprint density at radius 1 is 1.12 bits per heavy atom. The average Bonchev–Trinajstić information content (AvgIpc) is 2.22. The molecule has 0 fully saturated rings. The lowest BCUT2D eigenvalue weighted by Gasteiger charge is -2.18. The van der Waals surface area contributed by atoms with E-state index in [0.717, 1.165) is 12.3 Å². The highest BCUT2D eigenvalue weighted by molar-refractivity contribution is 5.30. The Morgan fingerprint density at radius 2 is 1.81 bits per heavy atom. The van der Waals surface area contributed by atoms with Crippen molar-refractivity contribution in [3.63, 3.8) is 0 Å². The number of likely N-dealkylation sites (N-methyl/N-ethyl adjacent to an activating group) is 1. The van der Waals surface area contributed by atoms with Crippen LogP contribution in [0.5, 0.6) is 0 Å². The topological polar surface area (TPSA) is 12.0 Å². The quantitative estimate of drug-likeness (QED) is 0.799. The summed E-state index contributed by atoms with van der Waals surface area (Å²) in [6.45, 7) is 8.92. The molecule has 0 spiro atoms. The van der Waals surface area contributed by atoms with Gasteiger partial charge in [0.1, 0.15) is 0 Å². The van der Waals surface area contributed by atoms with E-state index in [9.17, 15) is 0 Å². The van der Waals surface area contributed by atoms with E-state index in [4.69, 9.17) is 0 Å². The van der Waals surface area contributed by atoms with Crippen LogP contribution in [0.4, 0.5) is 0 Å². The Morgan fingerprint density at radius 3 is 2.31 bits per heavy atom. The largest absolute Gasteiger partial charge is 0.317 e. The predicted octanol–water partition coefficient (Wildman–Crippen LogP) is 3.48. The highest BCUT2D eigenvalue weighted by Crippen LogP contribution is 2.14. The van der Waals surface area contributed by atoms with Crippen molar-refractivity contribution in [2.75, 3.05) is 7.05 Å². The summed E-state index contributed by atoms with van der Waals surface area (Å²) in [6, 6.07) is 7.40. The van der Waals surface area contributed by atoms with Gasteiger partial charge >= 0.3 is 0 Å². The fourth-order valence-corrected chi connectivity index (χ4v) is 2.09. The predicted molar refractivity (Wildman–Crippen MR) is 71.9 cm³/mol. The molecule has 1 heteroatoms. The molecule has 1 nitrogen and oxygen atoms in total. The molecule has 1 aromatic rings. The maximum absolute atomic E-state index is 3.42. The summed E-state index contributed by atoms with van der Waals surface area (Å²) in [5.74, 6) is 0.754. The molecular weight excluding hydrogens is 194 g/mol. The fraction of sp³-hybridized carbons (Fsp3) is 0.600. The van der Waals surface area contributed by atoms with Crippen molar-refractivity contribution in [3.05, 3.63) is 34.9 Å². The molecule has 0 aliphatic rings. The van der Waals surface area contributed by atoms with Gasteiger partial charge in [0.15, 0.2) is 0 Å².